The summed E-state index contributed by atoms with van der Waals surface area (Å²) in [6, 6.07) is 2.82. The Balaban J connectivity index is 1.79. The minimum atomic E-state index is -0.776. The molecular formula is C26H39BClFO5. The van der Waals surface area contributed by atoms with Crippen LogP contribution in [0.15, 0.2) is 12.1 Å². The molecule has 1 aliphatic carbocycles. The van der Waals surface area contributed by atoms with Crippen LogP contribution in [0.3, 0.4) is 0 Å². The van der Waals surface area contributed by atoms with Crippen molar-refractivity contribution in [2.24, 2.45) is 17.3 Å². The van der Waals surface area contributed by atoms with Gasteiger partial charge in [0, 0.05) is 0 Å². The molecule has 2 fully saturated rings. The Hall–Kier alpha value is -1.31. The predicted octanol–water partition coefficient (Wildman–Crippen LogP) is 6.23. The van der Waals surface area contributed by atoms with E-state index in [1.54, 1.807) is 26.8 Å². The van der Waals surface area contributed by atoms with E-state index in [4.69, 9.17) is 30.4 Å². The molecule has 5 atom stereocenters. The zero-order valence-electron chi connectivity index (χ0n) is 22.0. The quantitative estimate of drug-likeness (QED) is 0.254. The fourth-order valence-electron chi connectivity index (χ4n) is 5.74. The number of hydrogen-bond donors (Lipinski definition) is 0. The summed E-state index contributed by atoms with van der Waals surface area (Å²) in [6.45, 7) is 16.2. The van der Waals surface area contributed by atoms with Crippen molar-refractivity contribution in [3.05, 3.63) is 29.1 Å². The number of benzene rings is 1. The Labute approximate surface area is 209 Å². The highest BCUT2D eigenvalue weighted by Gasteiger charge is 2.62. The first-order chi connectivity index (χ1) is 15.7. The van der Waals surface area contributed by atoms with Gasteiger partial charge in [0.25, 0.3) is 0 Å². The maximum Gasteiger partial charge on any atom is 0.477 e. The van der Waals surface area contributed by atoms with Crippen LogP contribution < -0.4 is 4.74 Å². The molecule has 1 aromatic carbocycles. The minimum Gasteiger partial charge on any atom is -0.495 e. The molecule has 1 saturated carbocycles. The Bertz CT molecular complexity index is 917. The van der Waals surface area contributed by atoms with E-state index in [2.05, 4.69) is 27.7 Å². The van der Waals surface area contributed by atoms with E-state index >= 15 is 0 Å². The first-order valence-corrected chi connectivity index (χ1v) is 12.6. The van der Waals surface area contributed by atoms with Gasteiger partial charge in [0.05, 0.1) is 24.1 Å². The number of methoxy groups -OCH3 is 1. The molecule has 1 unspecified atom stereocenters. The Morgan fingerprint density at radius 3 is 2.50 bits per heavy atom. The Kier molecular flexibility index (Phi) is 7.73. The van der Waals surface area contributed by atoms with Gasteiger partial charge in [-0.1, -0.05) is 33.3 Å². The highest BCUT2D eigenvalue weighted by molar-refractivity contribution is 6.60. The number of esters is 1. The number of ether oxygens (including phenoxy) is 2. The molecule has 1 saturated heterocycles. The van der Waals surface area contributed by atoms with E-state index < -0.39 is 35.4 Å². The molecule has 34 heavy (non-hydrogen) atoms. The smallest absolute Gasteiger partial charge is 0.477 e. The number of alkyl halides is 1. The van der Waals surface area contributed by atoms with Gasteiger partial charge in [-0.2, -0.15) is 0 Å². The van der Waals surface area contributed by atoms with Crippen LogP contribution in [0.2, 0.25) is 0 Å². The number of carbonyl (C=O) groups is 1. The summed E-state index contributed by atoms with van der Waals surface area (Å²) in [5.74, 6) is -0.311. The molecule has 0 amide bonds. The van der Waals surface area contributed by atoms with E-state index in [1.165, 1.54) is 13.2 Å². The van der Waals surface area contributed by atoms with Crippen LogP contribution in [0.4, 0.5) is 4.39 Å². The van der Waals surface area contributed by atoms with Crippen molar-refractivity contribution < 1.29 is 28.0 Å². The second-order valence-electron chi connectivity index (χ2n) is 11.5. The topological polar surface area (TPSA) is 54.0 Å². The molecule has 1 heterocycles. The van der Waals surface area contributed by atoms with E-state index in [0.29, 0.717) is 17.4 Å². The lowest BCUT2D eigenvalue weighted by Gasteiger charge is -2.59. The largest absolute Gasteiger partial charge is 0.495 e. The number of rotatable bonds is 7. The second-order valence-corrected chi connectivity index (χ2v) is 12.1. The predicted molar refractivity (Wildman–Crippen MR) is 133 cm³/mol. The summed E-state index contributed by atoms with van der Waals surface area (Å²) < 4.78 is 38.2. The van der Waals surface area contributed by atoms with Crippen molar-refractivity contribution in [1.82, 2.24) is 0 Å². The molecule has 0 radical (unpaired) electrons. The zero-order chi connectivity index (χ0) is 25.6. The molecule has 8 heteroatoms. The van der Waals surface area contributed by atoms with Crippen molar-refractivity contribution in [2.75, 3.05) is 7.11 Å². The van der Waals surface area contributed by atoms with Gasteiger partial charge in [-0.05, 0) is 76.3 Å². The number of hydrogen-bond acceptors (Lipinski definition) is 5. The van der Waals surface area contributed by atoms with Crippen LogP contribution in [0, 0.1) is 23.1 Å². The molecule has 0 spiro atoms. The lowest BCUT2D eigenvalue weighted by atomic mass is 9.49. The van der Waals surface area contributed by atoms with Gasteiger partial charge in [-0.25, -0.2) is 9.18 Å². The summed E-state index contributed by atoms with van der Waals surface area (Å²) in [4.78, 5) is 12.7. The van der Waals surface area contributed by atoms with Crippen LogP contribution in [-0.4, -0.2) is 42.8 Å². The average molecular weight is 497 g/mol. The van der Waals surface area contributed by atoms with Crippen molar-refractivity contribution in [3.63, 3.8) is 0 Å². The van der Waals surface area contributed by atoms with E-state index in [9.17, 15) is 9.18 Å². The van der Waals surface area contributed by atoms with Crippen molar-refractivity contribution >= 4 is 24.7 Å². The van der Waals surface area contributed by atoms with Crippen LogP contribution in [0.1, 0.15) is 84.2 Å². The molecule has 0 bridgehead atoms. The third kappa shape index (κ3) is 4.98. The van der Waals surface area contributed by atoms with Crippen molar-refractivity contribution in [2.45, 2.75) is 97.2 Å². The molecular weight excluding hydrogens is 458 g/mol. The monoisotopic (exact) mass is 496 g/mol. The number of halogens is 2. The molecule has 3 rings (SSSR count). The highest BCUT2D eigenvalue weighted by Crippen LogP contribution is 2.60. The lowest BCUT2D eigenvalue weighted by Crippen LogP contribution is -2.59. The third-order valence-electron chi connectivity index (χ3n) is 7.88. The molecule has 190 valence electrons. The molecule has 5 nitrogen and oxygen atoms in total. The Morgan fingerprint density at radius 2 is 1.97 bits per heavy atom. The van der Waals surface area contributed by atoms with Crippen LogP contribution in [-0.2, 0) is 20.5 Å². The zero-order valence-corrected chi connectivity index (χ0v) is 22.7. The molecule has 1 aliphatic heterocycles. The van der Waals surface area contributed by atoms with E-state index in [-0.39, 0.29) is 29.3 Å². The van der Waals surface area contributed by atoms with E-state index in [0.717, 1.165) is 12.8 Å². The fraction of sp³-hybridized carbons (Fsp3) is 0.731. The average Bonchev–Trinajstić information content (AvgIpc) is 3.02. The van der Waals surface area contributed by atoms with Crippen molar-refractivity contribution in [1.29, 1.82) is 0 Å². The lowest BCUT2D eigenvalue weighted by molar-refractivity contribution is -0.143. The first kappa shape index (κ1) is 27.3. The summed E-state index contributed by atoms with van der Waals surface area (Å²) in [5.41, 5.74) is -0.681. The van der Waals surface area contributed by atoms with Crippen LogP contribution >= 0.6 is 11.6 Å². The SMILES string of the molecule is CC[C@H]1C[C@H]([C@]2(C)OB([C@H](Cl)Cc3ccc(F)c(C(=O)OC(C)(C)C)c3OC)OC2C)C1(C)C. The number of carbonyl (C=O) groups excluding carboxylic acids is 1. The normalized spacial score (nSPS) is 29.5. The molecule has 1 aromatic rings. The first-order valence-electron chi connectivity index (χ1n) is 12.2. The summed E-state index contributed by atoms with van der Waals surface area (Å²) in [5, 5.41) is -0.555. The second kappa shape index (κ2) is 9.63. The van der Waals surface area contributed by atoms with Gasteiger partial charge in [0.2, 0.25) is 0 Å². The van der Waals surface area contributed by atoms with Gasteiger partial charge < -0.3 is 18.8 Å². The van der Waals surface area contributed by atoms with Crippen LogP contribution in [0.25, 0.3) is 0 Å². The maximum absolute atomic E-state index is 14.6. The molecule has 0 N–H and O–H groups in total. The summed E-state index contributed by atoms with van der Waals surface area (Å²) >= 11 is 6.80. The fourth-order valence-corrected chi connectivity index (χ4v) is 6.01. The summed E-state index contributed by atoms with van der Waals surface area (Å²) in [6.07, 6.45) is 2.42. The maximum atomic E-state index is 14.6. The molecule has 2 aliphatic rings. The summed E-state index contributed by atoms with van der Waals surface area (Å²) in [7, 11) is 0.776. The van der Waals surface area contributed by atoms with E-state index in [1.807, 2.05) is 6.92 Å². The van der Waals surface area contributed by atoms with Gasteiger partial charge in [-0.15, -0.1) is 11.6 Å². The van der Waals surface area contributed by atoms with Crippen molar-refractivity contribution in [3.8, 4) is 5.75 Å². The minimum absolute atomic E-state index is 0.117. The highest BCUT2D eigenvalue weighted by atomic mass is 35.5. The molecule has 0 aromatic heterocycles. The van der Waals surface area contributed by atoms with Crippen LogP contribution in [0.5, 0.6) is 5.75 Å². The van der Waals surface area contributed by atoms with Gasteiger partial charge in [0.15, 0.2) is 0 Å². The van der Waals surface area contributed by atoms with Gasteiger partial charge in [0.1, 0.15) is 22.7 Å². The Morgan fingerprint density at radius 1 is 1.32 bits per heavy atom. The van der Waals surface area contributed by atoms with Gasteiger partial charge in [-0.3, -0.25) is 0 Å². The van der Waals surface area contributed by atoms with Gasteiger partial charge >= 0.3 is 13.1 Å². The standard InChI is InChI=1S/C26H39BClFO5/c1-10-17-14-19(25(17,6)7)26(8)15(2)33-27(34-26)20(28)13-16-11-12-18(29)21(22(16)31-9)23(30)32-24(3,4)5/h11-12,15,17,19-20H,10,13-14H2,1-9H3/t15?,17-,19-,20+,26+/m0/s1. The third-order valence-corrected chi connectivity index (χ3v) is 8.24.